The fourth-order valence-corrected chi connectivity index (χ4v) is 5.46. The van der Waals surface area contributed by atoms with Gasteiger partial charge < -0.3 is 17.7 Å². The minimum Gasteiger partial charge on any atom is -1.00 e. The van der Waals surface area contributed by atoms with Gasteiger partial charge in [0.15, 0.2) is 0 Å². The van der Waals surface area contributed by atoms with E-state index in [2.05, 4.69) is 34.3 Å². The molecule has 0 fully saturated rings. The van der Waals surface area contributed by atoms with E-state index in [1.807, 2.05) is 85.8 Å². The molecule has 0 spiro atoms. The van der Waals surface area contributed by atoms with Gasteiger partial charge in [-0.2, -0.15) is 0 Å². The third-order valence-electron chi connectivity index (χ3n) is 6.11. The summed E-state index contributed by atoms with van der Waals surface area (Å²) in [6.07, 6.45) is 1.90. The normalized spacial score (nSPS) is 12.6. The van der Waals surface area contributed by atoms with E-state index in [0.717, 1.165) is 36.1 Å². The summed E-state index contributed by atoms with van der Waals surface area (Å²) in [5.41, 5.74) is 4.26. The second kappa shape index (κ2) is 15.2. The molecule has 4 nitrogen and oxygen atoms in total. The second-order valence-electron chi connectivity index (χ2n) is 8.75. The predicted octanol–water partition coefficient (Wildman–Crippen LogP) is 2.98. The number of halogens is 1. The molecule has 0 saturated heterocycles. The maximum atomic E-state index is 13.4. The van der Waals surface area contributed by atoms with Crippen LogP contribution in [0.3, 0.4) is 0 Å². The van der Waals surface area contributed by atoms with Gasteiger partial charge in [-0.1, -0.05) is 109 Å². The maximum absolute atomic E-state index is 13.4. The zero-order valence-corrected chi connectivity index (χ0v) is 24.0. The Kier molecular flexibility index (Phi) is 12.7. The van der Waals surface area contributed by atoms with Crippen molar-refractivity contribution in [3.8, 4) is 0 Å². The topological polar surface area (TPSA) is 58.2 Å². The quantitative estimate of drug-likeness (QED) is 0.200. The van der Waals surface area contributed by atoms with Crippen molar-refractivity contribution in [2.45, 2.75) is 36.7 Å². The van der Waals surface area contributed by atoms with Crippen LogP contribution in [0.2, 0.25) is 0 Å². The van der Waals surface area contributed by atoms with Crippen LogP contribution in [-0.4, -0.2) is 15.0 Å². The Labute approximate surface area is 240 Å². The number of nitrogens with one attached hydrogen (secondary N) is 2. The van der Waals surface area contributed by atoms with Crippen LogP contribution in [0.5, 0.6) is 0 Å². The molecule has 0 aliphatic rings. The van der Waals surface area contributed by atoms with Crippen LogP contribution in [0, 0.1) is 6.92 Å². The molecule has 0 aliphatic carbocycles. The van der Waals surface area contributed by atoms with Gasteiger partial charge in [0.25, 0.3) is 0 Å². The van der Waals surface area contributed by atoms with E-state index in [1.54, 1.807) is 12.1 Å². The number of hydrogen-bond donors (Lipinski definition) is 2. The van der Waals surface area contributed by atoms with Gasteiger partial charge in [0.05, 0.1) is 17.0 Å². The molecule has 0 aromatic heterocycles. The average molecular weight is 621 g/mol. The van der Waals surface area contributed by atoms with Crippen LogP contribution in [0.15, 0.2) is 120 Å². The van der Waals surface area contributed by atoms with Crippen molar-refractivity contribution in [2.75, 3.05) is 6.54 Å². The van der Waals surface area contributed by atoms with Gasteiger partial charge >= 0.3 is 19.5 Å². The SMILES string of the molecule is Cc1ccc(S(=O)(=O)N[C@@H](c2ccccc2)[C@@H](NCCCc2ccccc2)c2ccccc2)cc1.[Cl-].[Ru+]. The number of sulfonamides is 1. The number of benzene rings is 4. The van der Waals surface area contributed by atoms with Gasteiger partial charge in [-0.05, 0) is 55.1 Å². The first-order valence-corrected chi connectivity index (χ1v) is 13.5. The maximum Gasteiger partial charge on any atom is 1.00 e. The van der Waals surface area contributed by atoms with Gasteiger partial charge in [0, 0.05) is 0 Å². The molecule has 2 atom stereocenters. The first kappa shape index (κ1) is 30.9. The van der Waals surface area contributed by atoms with Crippen LogP contribution in [-0.2, 0) is 35.9 Å². The molecular weight excluding hydrogens is 589 g/mol. The Morgan fingerprint density at radius 2 is 1.16 bits per heavy atom. The molecule has 4 aromatic carbocycles. The summed E-state index contributed by atoms with van der Waals surface area (Å²) in [6.45, 7) is 2.70. The molecule has 0 bridgehead atoms. The van der Waals surface area contributed by atoms with Crippen molar-refractivity contribution < 1.29 is 40.3 Å². The molecule has 0 heterocycles. The van der Waals surface area contributed by atoms with Crippen LogP contribution < -0.4 is 22.4 Å². The number of rotatable bonds is 11. The molecule has 0 aliphatic heterocycles. The smallest absolute Gasteiger partial charge is 1.00 e. The van der Waals surface area contributed by atoms with Crippen molar-refractivity contribution in [2.24, 2.45) is 0 Å². The van der Waals surface area contributed by atoms with Crippen LogP contribution in [0.1, 0.15) is 40.8 Å². The van der Waals surface area contributed by atoms with Crippen molar-refractivity contribution >= 4 is 10.0 Å². The van der Waals surface area contributed by atoms with E-state index < -0.39 is 16.1 Å². The molecule has 195 valence electrons. The van der Waals surface area contributed by atoms with Crippen molar-refractivity contribution in [3.05, 3.63) is 138 Å². The van der Waals surface area contributed by atoms with Gasteiger partial charge in [-0.15, -0.1) is 0 Å². The molecule has 0 unspecified atom stereocenters. The monoisotopic (exact) mass is 621 g/mol. The molecular formula is C30H32ClN2O2RuS. The van der Waals surface area contributed by atoms with Gasteiger partial charge in [0.2, 0.25) is 10.0 Å². The molecule has 4 rings (SSSR count). The van der Waals surface area contributed by atoms with Gasteiger partial charge in [-0.25, -0.2) is 13.1 Å². The van der Waals surface area contributed by atoms with E-state index in [0.29, 0.717) is 0 Å². The second-order valence-corrected chi connectivity index (χ2v) is 10.5. The fraction of sp³-hybridized carbons (Fsp3) is 0.200. The Morgan fingerprint density at radius 3 is 1.70 bits per heavy atom. The summed E-state index contributed by atoms with van der Waals surface area (Å²) < 4.78 is 29.9. The molecule has 0 saturated carbocycles. The van der Waals surface area contributed by atoms with Crippen LogP contribution in [0.4, 0.5) is 0 Å². The van der Waals surface area contributed by atoms with E-state index in [9.17, 15) is 8.42 Å². The Morgan fingerprint density at radius 1 is 0.676 bits per heavy atom. The van der Waals surface area contributed by atoms with E-state index in [1.165, 1.54) is 5.56 Å². The Bertz CT molecular complexity index is 1290. The van der Waals surface area contributed by atoms with Gasteiger partial charge in [-0.3, -0.25) is 0 Å². The summed E-state index contributed by atoms with van der Waals surface area (Å²) in [5, 5.41) is 3.66. The van der Waals surface area contributed by atoms with Crippen molar-refractivity contribution in [1.82, 2.24) is 10.0 Å². The van der Waals surface area contributed by atoms with Crippen molar-refractivity contribution in [3.63, 3.8) is 0 Å². The molecule has 7 heteroatoms. The summed E-state index contributed by atoms with van der Waals surface area (Å²) in [6, 6.07) is 36.5. The molecule has 37 heavy (non-hydrogen) atoms. The third-order valence-corrected chi connectivity index (χ3v) is 7.57. The summed E-state index contributed by atoms with van der Waals surface area (Å²) in [7, 11) is -3.74. The average Bonchev–Trinajstić information content (AvgIpc) is 2.89. The van der Waals surface area contributed by atoms with E-state index in [-0.39, 0.29) is 42.8 Å². The van der Waals surface area contributed by atoms with Crippen LogP contribution in [0.25, 0.3) is 0 Å². The molecule has 0 amide bonds. The first-order valence-electron chi connectivity index (χ1n) is 12.0. The zero-order chi connectivity index (χ0) is 24.5. The minimum atomic E-state index is -3.74. The molecule has 2 N–H and O–H groups in total. The summed E-state index contributed by atoms with van der Waals surface area (Å²) in [4.78, 5) is 0.264. The predicted molar refractivity (Wildman–Crippen MR) is 143 cm³/mol. The minimum absolute atomic E-state index is 0. The first-order chi connectivity index (χ1) is 17.0. The Balaban J connectivity index is 0.00000241. The standard InChI is InChI=1S/C30H32N2O2S.ClH.Ru/c1-24-19-21-28(22-20-24)35(33,34)32-30(27-17-9-4-10-18-27)29(26-15-7-3-8-16-26)31-23-11-14-25-12-5-2-6-13-25;;/h2-10,12-13,15-22,29-32H,11,14,23H2,1H3;1H;/q;;+1/p-1/t29-,30-;;/m0../s1. The summed E-state index contributed by atoms with van der Waals surface area (Å²) in [5.74, 6) is 0. The molecule has 1 radical (unpaired) electrons. The van der Waals surface area contributed by atoms with Crippen LogP contribution >= 0.6 is 0 Å². The van der Waals surface area contributed by atoms with E-state index >= 15 is 0 Å². The largest absolute Gasteiger partial charge is 1.00 e. The number of aryl methyl sites for hydroxylation is 2. The zero-order valence-electron chi connectivity index (χ0n) is 20.7. The van der Waals surface area contributed by atoms with Crippen molar-refractivity contribution in [1.29, 1.82) is 0 Å². The molecule has 4 aromatic rings. The van der Waals surface area contributed by atoms with E-state index in [4.69, 9.17) is 0 Å². The fourth-order valence-electron chi connectivity index (χ4n) is 4.22. The summed E-state index contributed by atoms with van der Waals surface area (Å²) >= 11 is 0. The third kappa shape index (κ3) is 8.88. The van der Waals surface area contributed by atoms with Gasteiger partial charge in [0.1, 0.15) is 0 Å². The Hall–Kier alpha value is -2.34. The number of hydrogen-bond acceptors (Lipinski definition) is 3.